The first-order valence-electron chi connectivity index (χ1n) is 9.42. The van der Waals surface area contributed by atoms with E-state index in [0.29, 0.717) is 23.6 Å². The van der Waals surface area contributed by atoms with Gasteiger partial charge in [-0.2, -0.15) is 5.10 Å². The van der Waals surface area contributed by atoms with E-state index in [1.807, 2.05) is 30.3 Å². The van der Waals surface area contributed by atoms with Gasteiger partial charge in [-0.05, 0) is 29.8 Å². The Hall–Kier alpha value is -4.46. The molecule has 0 saturated carbocycles. The fourth-order valence-electron chi connectivity index (χ4n) is 2.90. The number of carbonyl (C=O) groups excluding carboxylic acids is 1. The van der Waals surface area contributed by atoms with Crippen LogP contribution < -0.4 is 15.7 Å². The lowest BCUT2D eigenvalue weighted by atomic mass is 10.2. The molecule has 31 heavy (non-hydrogen) atoms. The molecule has 2 heterocycles. The van der Waals surface area contributed by atoms with Crippen molar-refractivity contribution >= 4 is 17.8 Å². The second-order valence-corrected chi connectivity index (χ2v) is 6.58. The number of rotatable bonds is 6. The lowest BCUT2D eigenvalue weighted by Gasteiger charge is -2.10. The van der Waals surface area contributed by atoms with Crippen molar-refractivity contribution in [2.45, 2.75) is 6.61 Å². The number of aromatic nitrogens is 2. The molecule has 0 aliphatic rings. The number of fused-ring (bicyclic) bond motifs is 1. The molecular weight excluding hydrogens is 396 g/mol. The summed E-state index contributed by atoms with van der Waals surface area (Å²) >= 11 is 0. The number of nitrogens with one attached hydrogen (secondary N) is 1. The number of benzene rings is 2. The summed E-state index contributed by atoms with van der Waals surface area (Å²) in [7, 11) is 0. The summed E-state index contributed by atoms with van der Waals surface area (Å²) < 4.78 is 7.07. The highest BCUT2D eigenvalue weighted by molar-refractivity contribution is 5.94. The minimum Gasteiger partial charge on any atom is -0.507 e. The Balaban J connectivity index is 1.54. The van der Waals surface area contributed by atoms with Crippen molar-refractivity contribution < 1.29 is 14.6 Å². The van der Waals surface area contributed by atoms with E-state index in [-0.39, 0.29) is 11.3 Å². The zero-order valence-corrected chi connectivity index (χ0v) is 16.3. The fraction of sp³-hybridized carbons (Fsp3) is 0.0435. The quantitative estimate of drug-likeness (QED) is 0.373. The summed E-state index contributed by atoms with van der Waals surface area (Å²) in [6.45, 7) is 0.319. The number of aromatic hydroxyl groups is 1. The SMILES string of the molecule is O=C(N/N=C\c1ccccc1O)c1cnc2c(OCc3ccccc3)cccn2c1=O. The van der Waals surface area contributed by atoms with Crippen LogP contribution in [0.5, 0.6) is 11.5 Å². The van der Waals surface area contributed by atoms with E-state index in [2.05, 4.69) is 15.5 Å². The highest BCUT2D eigenvalue weighted by Crippen LogP contribution is 2.18. The summed E-state index contributed by atoms with van der Waals surface area (Å²) in [5.74, 6) is -0.266. The zero-order valence-electron chi connectivity index (χ0n) is 16.3. The van der Waals surface area contributed by atoms with Crippen LogP contribution in [0.3, 0.4) is 0 Å². The first kappa shape index (κ1) is 19.8. The average Bonchev–Trinajstić information content (AvgIpc) is 2.80. The third kappa shape index (κ3) is 4.43. The van der Waals surface area contributed by atoms with E-state index in [1.165, 1.54) is 29.1 Å². The van der Waals surface area contributed by atoms with Crippen molar-refractivity contribution in [1.29, 1.82) is 0 Å². The summed E-state index contributed by atoms with van der Waals surface area (Å²) in [5, 5.41) is 13.5. The Bertz CT molecular complexity index is 1320. The van der Waals surface area contributed by atoms with E-state index in [9.17, 15) is 14.7 Å². The normalized spacial score (nSPS) is 11.0. The van der Waals surface area contributed by atoms with Gasteiger partial charge in [-0.3, -0.25) is 14.0 Å². The lowest BCUT2D eigenvalue weighted by molar-refractivity contribution is 0.0953. The van der Waals surface area contributed by atoms with E-state index >= 15 is 0 Å². The van der Waals surface area contributed by atoms with Crippen molar-refractivity contribution in [2.24, 2.45) is 5.10 Å². The predicted octanol–water partition coefficient (Wildman–Crippen LogP) is 2.74. The Kier molecular flexibility index (Phi) is 5.70. The van der Waals surface area contributed by atoms with Crippen LogP contribution in [0.25, 0.3) is 5.65 Å². The van der Waals surface area contributed by atoms with Gasteiger partial charge in [0.15, 0.2) is 11.4 Å². The maximum Gasteiger partial charge on any atom is 0.278 e. The first-order chi connectivity index (χ1) is 15.1. The topological polar surface area (TPSA) is 105 Å². The Morgan fingerprint density at radius 2 is 1.87 bits per heavy atom. The van der Waals surface area contributed by atoms with Crippen LogP contribution in [-0.2, 0) is 6.61 Å². The van der Waals surface area contributed by atoms with Gasteiger partial charge in [0.05, 0.1) is 6.21 Å². The molecule has 8 nitrogen and oxygen atoms in total. The molecule has 4 rings (SSSR count). The lowest BCUT2D eigenvalue weighted by Crippen LogP contribution is -2.29. The molecule has 1 amide bonds. The molecule has 0 spiro atoms. The number of pyridine rings is 1. The summed E-state index contributed by atoms with van der Waals surface area (Å²) in [6, 6.07) is 19.5. The largest absolute Gasteiger partial charge is 0.507 e. The average molecular weight is 414 g/mol. The molecule has 0 fully saturated rings. The van der Waals surface area contributed by atoms with Gasteiger partial charge in [-0.25, -0.2) is 10.4 Å². The Labute approximate surface area is 177 Å². The zero-order chi connectivity index (χ0) is 21.6. The van der Waals surface area contributed by atoms with Crippen LogP contribution in [-0.4, -0.2) is 26.6 Å². The Morgan fingerprint density at radius 3 is 2.68 bits per heavy atom. The van der Waals surface area contributed by atoms with E-state index in [1.54, 1.807) is 30.3 Å². The van der Waals surface area contributed by atoms with Gasteiger partial charge in [0.1, 0.15) is 17.9 Å². The fourth-order valence-corrected chi connectivity index (χ4v) is 2.90. The van der Waals surface area contributed by atoms with Gasteiger partial charge in [0, 0.05) is 18.0 Å². The van der Waals surface area contributed by atoms with E-state index in [4.69, 9.17) is 4.74 Å². The number of phenolic OH excluding ortho intramolecular Hbond substituents is 1. The minimum absolute atomic E-state index is 0.0240. The number of para-hydroxylation sites is 1. The van der Waals surface area contributed by atoms with Gasteiger partial charge >= 0.3 is 0 Å². The number of phenols is 1. The summed E-state index contributed by atoms with van der Waals surface area (Å²) in [5.41, 5.74) is 3.26. The molecule has 4 aromatic rings. The van der Waals surface area contributed by atoms with Crippen molar-refractivity contribution in [3.8, 4) is 11.5 Å². The second kappa shape index (κ2) is 8.91. The minimum atomic E-state index is -0.714. The third-order valence-corrected chi connectivity index (χ3v) is 4.48. The van der Waals surface area contributed by atoms with Gasteiger partial charge < -0.3 is 9.84 Å². The van der Waals surface area contributed by atoms with Crippen molar-refractivity contribution in [3.05, 3.63) is 106 Å². The third-order valence-electron chi connectivity index (χ3n) is 4.48. The monoisotopic (exact) mass is 414 g/mol. The highest BCUT2D eigenvalue weighted by atomic mass is 16.5. The molecule has 8 heteroatoms. The summed E-state index contributed by atoms with van der Waals surface area (Å²) in [4.78, 5) is 29.4. The molecule has 0 aliphatic carbocycles. The number of nitrogens with zero attached hydrogens (tertiary/aromatic N) is 3. The molecule has 2 aromatic carbocycles. The van der Waals surface area contributed by atoms with E-state index < -0.39 is 11.5 Å². The maximum absolute atomic E-state index is 12.8. The van der Waals surface area contributed by atoms with Crippen molar-refractivity contribution in [2.75, 3.05) is 0 Å². The number of hydrogen-bond acceptors (Lipinski definition) is 6. The molecule has 154 valence electrons. The first-order valence-corrected chi connectivity index (χ1v) is 9.42. The number of hydrogen-bond donors (Lipinski definition) is 2. The van der Waals surface area contributed by atoms with Crippen LogP contribution in [0, 0.1) is 0 Å². The van der Waals surface area contributed by atoms with Crippen LogP contribution in [0.2, 0.25) is 0 Å². The number of hydrazone groups is 1. The molecular formula is C23H18N4O4. The molecule has 0 unspecified atom stereocenters. The standard InChI is InChI=1S/C23H18N4O4/c28-19-10-5-4-9-17(19)13-25-26-22(29)18-14-24-21-20(11-6-12-27(21)23(18)30)31-15-16-7-2-1-3-8-16/h1-14,28H,15H2,(H,26,29)/b25-13-. The molecule has 2 aromatic heterocycles. The molecule has 2 N–H and O–H groups in total. The number of ether oxygens (including phenoxy) is 1. The molecule has 0 atom stereocenters. The van der Waals surface area contributed by atoms with Crippen LogP contribution in [0.1, 0.15) is 21.5 Å². The van der Waals surface area contributed by atoms with Crippen LogP contribution >= 0.6 is 0 Å². The predicted molar refractivity (Wildman–Crippen MR) is 115 cm³/mol. The van der Waals surface area contributed by atoms with E-state index in [0.717, 1.165) is 5.56 Å². The molecule has 0 radical (unpaired) electrons. The highest BCUT2D eigenvalue weighted by Gasteiger charge is 2.15. The van der Waals surface area contributed by atoms with Gasteiger partial charge in [-0.1, -0.05) is 42.5 Å². The Morgan fingerprint density at radius 1 is 1.10 bits per heavy atom. The smallest absolute Gasteiger partial charge is 0.278 e. The molecule has 0 bridgehead atoms. The van der Waals surface area contributed by atoms with Gasteiger partial charge in [0.25, 0.3) is 11.5 Å². The van der Waals surface area contributed by atoms with Crippen molar-refractivity contribution in [1.82, 2.24) is 14.8 Å². The molecule has 0 aliphatic heterocycles. The number of carbonyl (C=O) groups is 1. The second-order valence-electron chi connectivity index (χ2n) is 6.58. The van der Waals surface area contributed by atoms with Gasteiger partial charge in [0.2, 0.25) is 0 Å². The van der Waals surface area contributed by atoms with Gasteiger partial charge in [-0.15, -0.1) is 0 Å². The van der Waals surface area contributed by atoms with Crippen LogP contribution in [0.15, 0.2) is 89.0 Å². The summed E-state index contributed by atoms with van der Waals surface area (Å²) in [6.07, 6.45) is 3.99. The maximum atomic E-state index is 12.8. The number of amides is 1. The van der Waals surface area contributed by atoms with Crippen LogP contribution in [0.4, 0.5) is 0 Å². The molecule has 0 saturated heterocycles. The van der Waals surface area contributed by atoms with Crippen molar-refractivity contribution in [3.63, 3.8) is 0 Å².